The van der Waals surface area contributed by atoms with Crippen LogP contribution in [0.1, 0.15) is 13.3 Å². The third-order valence-electron chi connectivity index (χ3n) is 2.46. The van der Waals surface area contributed by atoms with Crippen LogP contribution in [0, 0.1) is 5.92 Å². The molecule has 1 N–H and O–H groups in total. The van der Waals surface area contributed by atoms with Crippen LogP contribution in [0.3, 0.4) is 0 Å². The van der Waals surface area contributed by atoms with Crippen molar-refractivity contribution >= 4 is 17.3 Å². The highest BCUT2D eigenvalue weighted by Gasteiger charge is 2.42. The summed E-state index contributed by atoms with van der Waals surface area (Å²) in [6, 6.07) is 0. The van der Waals surface area contributed by atoms with Gasteiger partial charge >= 0.3 is 0 Å². The van der Waals surface area contributed by atoms with Gasteiger partial charge in [-0.2, -0.15) is 0 Å². The van der Waals surface area contributed by atoms with Gasteiger partial charge in [0.25, 0.3) is 5.92 Å². The van der Waals surface area contributed by atoms with E-state index < -0.39 is 11.8 Å². The van der Waals surface area contributed by atoms with Crippen molar-refractivity contribution in [3.63, 3.8) is 0 Å². The van der Waals surface area contributed by atoms with Crippen molar-refractivity contribution in [1.82, 2.24) is 10.2 Å². The van der Waals surface area contributed by atoms with Crippen molar-refractivity contribution in [2.75, 3.05) is 20.1 Å². The van der Waals surface area contributed by atoms with E-state index in [2.05, 4.69) is 5.32 Å². The molecule has 0 spiro atoms. The topological polar surface area (TPSA) is 15.3 Å². The van der Waals surface area contributed by atoms with E-state index in [0.29, 0.717) is 18.1 Å². The maximum Gasteiger partial charge on any atom is 0.267 e. The zero-order valence-electron chi connectivity index (χ0n) is 7.81. The largest absolute Gasteiger partial charge is 0.366 e. The molecular weight excluding hydrogens is 194 g/mol. The molecule has 1 saturated heterocycles. The first-order valence-corrected chi connectivity index (χ1v) is 4.72. The minimum absolute atomic E-state index is 0.256. The number of thiocarbonyl (C=S) groups is 1. The lowest BCUT2D eigenvalue weighted by Gasteiger charge is -2.37. The summed E-state index contributed by atoms with van der Waals surface area (Å²) in [5, 5.41) is 3.12. The number of likely N-dealkylation sites (tertiary alicyclic amines) is 1. The van der Waals surface area contributed by atoms with E-state index in [1.165, 1.54) is 4.90 Å². The molecule has 5 heteroatoms. The molecule has 0 aromatic heterocycles. The van der Waals surface area contributed by atoms with Gasteiger partial charge in [0.1, 0.15) is 0 Å². The second-order valence-electron chi connectivity index (χ2n) is 3.43. The van der Waals surface area contributed by atoms with E-state index in [1.807, 2.05) is 0 Å². The zero-order chi connectivity index (χ0) is 10.1. The summed E-state index contributed by atoms with van der Waals surface area (Å²) in [5.41, 5.74) is 0. The average molecular weight is 208 g/mol. The molecule has 1 unspecified atom stereocenters. The van der Waals surface area contributed by atoms with E-state index in [4.69, 9.17) is 12.2 Å². The van der Waals surface area contributed by atoms with Gasteiger partial charge < -0.3 is 10.2 Å². The Bertz CT molecular complexity index is 208. The van der Waals surface area contributed by atoms with Gasteiger partial charge in [0.05, 0.1) is 6.54 Å². The van der Waals surface area contributed by atoms with Crippen LogP contribution in [0.5, 0.6) is 0 Å². The van der Waals surface area contributed by atoms with Crippen LogP contribution >= 0.6 is 12.2 Å². The van der Waals surface area contributed by atoms with Crippen molar-refractivity contribution < 1.29 is 8.78 Å². The molecule has 1 rings (SSSR count). The summed E-state index contributed by atoms with van der Waals surface area (Å²) < 4.78 is 26.4. The molecule has 1 heterocycles. The highest BCUT2D eigenvalue weighted by molar-refractivity contribution is 7.80. The summed E-state index contributed by atoms with van der Waals surface area (Å²) in [4.78, 5) is 1.52. The third kappa shape index (κ3) is 2.27. The van der Waals surface area contributed by atoms with E-state index in [9.17, 15) is 8.78 Å². The van der Waals surface area contributed by atoms with Crippen LogP contribution < -0.4 is 5.32 Å². The quantitative estimate of drug-likeness (QED) is 0.607. The van der Waals surface area contributed by atoms with Gasteiger partial charge in [-0.3, -0.25) is 0 Å². The Morgan fingerprint density at radius 2 is 2.23 bits per heavy atom. The third-order valence-corrected chi connectivity index (χ3v) is 2.92. The molecule has 0 aliphatic carbocycles. The van der Waals surface area contributed by atoms with Gasteiger partial charge in [-0.1, -0.05) is 6.92 Å². The summed E-state index contributed by atoms with van der Waals surface area (Å²) >= 11 is 4.90. The Labute approximate surface area is 82.3 Å². The number of halogens is 2. The first-order valence-electron chi connectivity index (χ1n) is 4.32. The molecule has 0 aromatic rings. The van der Waals surface area contributed by atoms with Gasteiger partial charge in [0.15, 0.2) is 5.11 Å². The van der Waals surface area contributed by atoms with Crippen molar-refractivity contribution in [1.29, 1.82) is 0 Å². The molecular formula is C8H14F2N2S. The van der Waals surface area contributed by atoms with Crippen molar-refractivity contribution in [2.45, 2.75) is 19.3 Å². The predicted octanol–water partition coefficient (Wildman–Crippen LogP) is 1.47. The highest BCUT2D eigenvalue weighted by Crippen LogP contribution is 2.32. The number of nitrogens with zero attached hydrogens (tertiary/aromatic N) is 1. The normalized spacial score (nSPS) is 27.1. The predicted molar refractivity (Wildman–Crippen MR) is 52.0 cm³/mol. The zero-order valence-corrected chi connectivity index (χ0v) is 8.63. The molecule has 1 fully saturated rings. The SMILES string of the molecule is CNC(=S)N1CCC(C)C(F)(F)C1. The fourth-order valence-electron chi connectivity index (χ4n) is 1.38. The molecule has 0 saturated carbocycles. The molecule has 0 radical (unpaired) electrons. The summed E-state index contributed by atoms with van der Waals surface area (Å²) in [6.45, 7) is 1.95. The Morgan fingerprint density at radius 3 is 2.69 bits per heavy atom. The summed E-state index contributed by atoms with van der Waals surface area (Å²) in [6.07, 6.45) is 0.495. The minimum Gasteiger partial charge on any atom is -0.366 e. The number of alkyl halides is 2. The van der Waals surface area contributed by atoms with E-state index in [-0.39, 0.29) is 6.54 Å². The minimum atomic E-state index is -2.61. The maximum atomic E-state index is 13.2. The molecule has 0 aromatic carbocycles. The summed E-state index contributed by atoms with van der Waals surface area (Å²) in [7, 11) is 1.65. The average Bonchev–Trinajstić information content (AvgIpc) is 2.08. The van der Waals surface area contributed by atoms with Crippen molar-refractivity contribution in [3.8, 4) is 0 Å². The van der Waals surface area contributed by atoms with Crippen LogP contribution in [-0.4, -0.2) is 36.1 Å². The second-order valence-corrected chi connectivity index (χ2v) is 3.81. The van der Waals surface area contributed by atoms with Gasteiger partial charge in [-0.15, -0.1) is 0 Å². The molecule has 1 atom stereocenters. The van der Waals surface area contributed by atoms with E-state index in [0.717, 1.165) is 0 Å². The Hall–Kier alpha value is -0.450. The van der Waals surface area contributed by atoms with Crippen LogP contribution in [0.25, 0.3) is 0 Å². The second kappa shape index (κ2) is 3.74. The van der Waals surface area contributed by atoms with E-state index in [1.54, 1.807) is 14.0 Å². The van der Waals surface area contributed by atoms with Gasteiger partial charge in [-0.05, 0) is 18.6 Å². The number of nitrogens with one attached hydrogen (secondary N) is 1. The molecule has 0 amide bonds. The molecule has 13 heavy (non-hydrogen) atoms. The standard InChI is InChI=1S/C8H14F2N2S/c1-6-3-4-12(7(13)11-2)5-8(6,9)10/h6H,3-5H2,1-2H3,(H,11,13). The lowest BCUT2D eigenvalue weighted by molar-refractivity contribution is -0.0894. The van der Waals surface area contributed by atoms with Crippen LogP contribution in [0.4, 0.5) is 8.78 Å². The van der Waals surface area contributed by atoms with Gasteiger partial charge in [0.2, 0.25) is 0 Å². The molecule has 1 aliphatic heterocycles. The monoisotopic (exact) mass is 208 g/mol. The van der Waals surface area contributed by atoms with Crippen LogP contribution in [-0.2, 0) is 0 Å². The Morgan fingerprint density at radius 1 is 1.62 bits per heavy atom. The fraction of sp³-hybridized carbons (Fsp3) is 0.875. The Kier molecular flexibility index (Phi) is 3.05. The molecule has 2 nitrogen and oxygen atoms in total. The highest BCUT2D eigenvalue weighted by atomic mass is 32.1. The van der Waals surface area contributed by atoms with Gasteiger partial charge in [-0.25, -0.2) is 8.78 Å². The smallest absolute Gasteiger partial charge is 0.267 e. The number of piperidine rings is 1. The van der Waals surface area contributed by atoms with E-state index >= 15 is 0 Å². The number of hydrogen-bond donors (Lipinski definition) is 1. The molecule has 0 bridgehead atoms. The lowest BCUT2D eigenvalue weighted by Crippen LogP contribution is -2.52. The Balaban J connectivity index is 2.60. The fourth-order valence-corrected chi connectivity index (χ4v) is 1.54. The number of hydrogen-bond acceptors (Lipinski definition) is 1. The maximum absolute atomic E-state index is 13.2. The van der Waals surface area contributed by atoms with Crippen LogP contribution in [0.2, 0.25) is 0 Å². The van der Waals surface area contributed by atoms with Crippen LogP contribution in [0.15, 0.2) is 0 Å². The summed E-state index contributed by atoms with van der Waals surface area (Å²) in [5.74, 6) is -3.15. The first kappa shape index (κ1) is 10.6. The molecule has 1 aliphatic rings. The van der Waals surface area contributed by atoms with Crippen molar-refractivity contribution in [2.24, 2.45) is 5.92 Å². The lowest BCUT2D eigenvalue weighted by atomic mass is 9.95. The van der Waals surface area contributed by atoms with Gasteiger partial charge in [0, 0.05) is 19.5 Å². The molecule has 76 valence electrons. The number of rotatable bonds is 0. The first-order chi connectivity index (χ1) is 5.97. The van der Waals surface area contributed by atoms with Crippen molar-refractivity contribution in [3.05, 3.63) is 0 Å².